The molecule has 0 spiro atoms. The molecule has 0 radical (unpaired) electrons. The number of thioether (sulfide) groups is 1. The monoisotopic (exact) mass is 435 g/mol. The summed E-state index contributed by atoms with van der Waals surface area (Å²) in [7, 11) is 0. The summed E-state index contributed by atoms with van der Waals surface area (Å²) >= 11 is 7.80. The number of nitrogens with two attached hydrogens (primary N) is 1. The fourth-order valence-electron chi connectivity index (χ4n) is 3.01. The number of aromatic amines is 1. The summed E-state index contributed by atoms with van der Waals surface area (Å²) in [5.74, 6) is -0.388. The van der Waals surface area contributed by atoms with Crippen molar-refractivity contribution in [3.05, 3.63) is 34.6 Å². The van der Waals surface area contributed by atoms with Crippen LogP contribution in [0.1, 0.15) is 32.9 Å². The first kappa shape index (κ1) is 21.7. The lowest BCUT2D eigenvalue weighted by molar-refractivity contribution is -0.117. The summed E-state index contributed by atoms with van der Waals surface area (Å²) in [6, 6.07) is 1.83. The summed E-state index contributed by atoms with van der Waals surface area (Å²) in [5.41, 5.74) is 9.58. The second kappa shape index (κ2) is 9.65. The Bertz CT molecular complexity index is 950. The summed E-state index contributed by atoms with van der Waals surface area (Å²) < 4.78 is 5.41. The van der Waals surface area contributed by atoms with Crippen LogP contribution in [0.3, 0.4) is 0 Å². The predicted octanol–water partition coefficient (Wildman–Crippen LogP) is 3.61. The molecule has 1 aliphatic heterocycles. The van der Waals surface area contributed by atoms with Gasteiger partial charge in [0.1, 0.15) is 0 Å². The molecule has 1 unspecified atom stereocenters. The lowest BCUT2D eigenvalue weighted by atomic mass is 10.1. The van der Waals surface area contributed by atoms with Crippen molar-refractivity contribution < 1.29 is 9.53 Å². The van der Waals surface area contributed by atoms with Crippen LogP contribution in [0.2, 0.25) is 5.02 Å². The van der Waals surface area contributed by atoms with E-state index in [1.807, 2.05) is 6.07 Å². The van der Waals surface area contributed by atoms with Crippen LogP contribution in [0.4, 0.5) is 0 Å². The molecule has 1 amide bonds. The maximum absolute atomic E-state index is 11.3. The van der Waals surface area contributed by atoms with Gasteiger partial charge in [-0.3, -0.25) is 4.79 Å². The molecule has 156 valence electrons. The van der Waals surface area contributed by atoms with Gasteiger partial charge in [0.2, 0.25) is 5.91 Å². The number of ether oxygens (including phenoxy) is 1. The summed E-state index contributed by atoms with van der Waals surface area (Å²) in [5, 5.41) is 0.771. The Morgan fingerprint density at radius 2 is 2.14 bits per heavy atom. The highest BCUT2D eigenvalue weighted by Gasteiger charge is 2.16. The minimum atomic E-state index is -0.388. The van der Waals surface area contributed by atoms with Gasteiger partial charge < -0.3 is 20.4 Å². The van der Waals surface area contributed by atoms with Gasteiger partial charge >= 0.3 is 0 Å². The van der Waals surface area contributed by atoms with Gasteiger partial charge in [0.25, 0.3) is 0 Å². The Balaban J connectivity index is 1.87. The van der Waals surface area contributed by atoms with Gasteiger partial charge in [-0.15, -0.1) is 0 Å². The summed E-state index contributed by atoms with van der Waals surface area (Å²) in [6.07, 6.45) is 4.96. The van der Waals surface area contributed by atoms with Crippen LogP contribution in [-0.4, -0.2) is 57.3 Å². The van der Waals surface area contributed by atoms with Gasteiger partial charge in [0.15, 0.2) is 10.8 Å². The van der Waals surface area contributed by atoms with Crippen LogP contribution < -0.4 is 5.73 Å². The molecule has 3 heterocycles. The lowest BCUT2D eigenvalue weighted by Gasteiger charge is -2.29. The molecule has 3 rings (SSSR count). The zero-order chi connectivity index (χ0) is 21.0. The minimum Gasteiger partial charge on any atom is -0.378 e. The molecular formula is C20H26ClN5O2S. The van der Waals surface area contributed by atoms with E-state index in [1.165, 1.54) is 17.5 Å². The third-order valence-corrected chi connectivity index (χ3v) is 6.11. The number of H-pyrrole nitrogens is 1. The number of allylic oxidation sites excluding steroid dienone is 4. The molecular weight excluding hydrogens is 410 g/mol. The number of rotatable bonds is 7. The second-order valence-corrected chi connectivity index (χ2v) is 8.58. The molecule has 0 saturated carbocycles. The van der Waals surface area contributed by atoms with E-state index in [1.54, 1.807) is 6.92 Å². The van der Waals surface area contributed by atoms with Crippen LogP contribution in [-0.2, 0) is 9.53 Å². The number of carbonyl (C=O) groups is 1. The first-order valence-electron chi connectivity index (χ1n) is 9.61. The highest BCUT2D eigenvalue weighted by atomic mass is 35.5. The minimum absolute atomic E-state index is 0.384. The maximum Gasteiger partial charge on any atom is 0.230 e. The largest absolute Gasteiger partial charge is 0.378 e. The standard InChI is InChI=1S/C20H26ClN5O2S/c1-4-14(6-5-12(2)26-7-9-28-10-8-26)17-15(21)11-16-19(24-17)25-20(23-16)29-13(3)18(22)27/h5-6,11,13H,4,7-10H2,1-3H3,(H2,22,27)(H,23,24,25)/b12-5+,14-6+. The van der Waals surface area contributed by atoms with E-state index in [0.29, 0.717) is 15.8 Å². The van der Waals surface area contributed by atoms with Gasteiger partial charge in [-0.05, 0) is 38.0 Å². The second-order valence-electron chi connectivity index (χ2n) is 6.85. The van der Waals surface area contributed by atoms with Crippen LogP contribution in [0.15, 0.2) is 29.1 Å². The maximum atomic E-state index is 11.3. The smallest absolute Gasteiger partial charge is 0.230 e. The number of aromatic nitrogens is 3. The van der Waals surface area contributed by atoms with Crippen molar-refractivity contribution in [3.63, 3.8) is 0 Å². The van der Waals surface area contributed by atoms with Gasteiger partial charge in [-0.1, -0.05) is 36.4 Å². The van der Waals surface area contributed by atoms with E-state index in [4.69, 9.17) is 22.1 Å². The number of hydrogen-bond donors (Lipinski definition) is 2. The SMILES string of the molecule is CC/C(=C\C=C(/C)N1CCOCC1)c1nc2nc(SC(C)C(N)=O)[nH]c2cc1Cl. The van der Waals surface area contributed by atoms with Crippen LogP contribution in [0, 0.1) is 0 Å². The van der Waals surface area contributed by atoms with Gasteiger partial charge in [-0.25, -0.2) is 9.97 Å². The third kappa shape index (κ3) is 5.32. The molecule has 0 aliphatic carbocycles. The zero-order valence-electron chi connectivity index (χ0n) is 16.9. The molecule has 9 heteroatoms. The van der Waals surface area contributed by atoms with Crippen molar-refractivity contribution in [2.75, 3.05) is 26.3 Å². The highest BCUT2D eigenvalue weighted by molar-refractivity contribution is 8.00. The molecule has 2 aromatic heterocycles. The fraction of sp³-hybridized carbons (Fsp3) is 0.450. The normalized spacial score (nSPS) is 17.0. The van der Waals surface area contributed by atoms with E-state index in [0.717, 1.165) is 49.5 Å². The number of primary amides is 1. The number of nitrogens with zero attached hydrogens (tertiary/aromatic N) is 3. The molecule has 1 fully saturated rings. The summed E-state index contributed by atoms with van der Waals surface area (Å²) in [6.45, 7) is 9.24. The van der Waals surface area contributed by atoms with E-state index in [9.17, 15) is 4.79 Å². The topological polar surface area (TPSA) is 97.1 Å². The molecule has 1 saturated heterocycles. The zero-order valence-corrected chi connectivity index (χ0v) is 18.4. The number of imidazole rings is 1. The van der Waals surface area contributed by atoms with Crippen molar-refractivity contribution in [1.82, 2.24) is 19.9 Å². The van der Waals surface area contributed by atoms with Crippen LogP contribution in [0.5, 0.6) is 0 Å². The van der Waals surface area contributed by atoms with Crippen LogP contribution >= 0.6 is 23.4 Å². The number of fused-ring (bicyclic) bond motifs is 1. The lowest BCUT2D eigenvalue weighted by Crippen LogP contribution is -2.34. The number of hydrogen-bond acceptors (Lipinski definition) is 6. The quantitative estimate of drug-likeness (QED) is 0.509. The van der Waals surface area contributed by atoms with Crippen molar-refractivity contribution in [2.24, 2.45) is 5.73 Å². The average Bonchev–Trinajstić information content (AvgIpc) is 3.09. The van der Waals surface area contributed by atoms with Gasteiger partial charge in [-0.2, -0.15) is 0 Å². The van der Waals surface area contributed by atoms with Gasteiger partial charge in [0.05, 0.1) is 34.7 Å². The summed E-state index contributed by atoms with van der Waals surface area (Å²) in [4.78, 5) is 25.9. The van der Waals surface area contributed by atoms with Gasteiger partial charge in [0, 0.05) is 18.8 Å². The molecule has 0 bridgehead atoms. The first-order chi connectivity index (χ1) is 13.9. The Kier molecular flexibility index (Phi) is 7.21. The molecule has 2 aromatic rings. The van der Waals surface area contributed by atoms with E-state index in [-0.39, 0.29) is 11.2 Å². The Hall–Kier alpha value is -2.03. The molecule has 29 heavy (non-hydrogen) atoms. The molecule has 7 nitrogen and oxygen atoms in total. The third-order valence-electron chi connectivity index (χ3n) is 4.81. The Morgan fingerprint density at radius 3 is 2.79 bits per heavy atom. The number of carbonyl (C=O) groups excluding carboxylic acids is 1. The van der Waals surface area contributed by atoms with Crippen LogP contribution in [0.25, 0.3) is 16.7 Å². The highest BCUT2D eigenvalue weighted by Crippen LogP contribution is 2.29. The van der Waals surface area contributed by atoms with E-state index >= 15 is 0 Å². The van der Waals surface area contributed by atoms with E-state index in [2.05, 4.69) is 45.9 Å². The molecule has 1 atom stereocenters. The number of morpholine rings is 1. The number of pyridine rings is 1. The van der Waals surface area contributed by atoms with Crippen molar-refractivity contribution >= 4 is 46.0 Å². The number of amides is 1. The van der Waals surface area contributed by atoms with Crippen molar-refractivity contribution in [3.8, 4) is 0 Å². The van der Waals surface area contributed by atoms with E-state index < -0.39 is 0 Å². The molecule has 0 aromatic carbocycles. The molecule has 1 aliphatic rings. The number of nitrogens with one attached hydrogen (secondary N) is 1. The predicted molar refractivity (Wildman–Crippen MR) is 118 cm³/mol. The van der Waals surface area contributed by atoms with Crippen molar-refractivity contribution in [2.45, 2.75) is 37.6 Å². The fourth-order valence-corrected chi connectivity index (χ4v) is 4.04. The number of halogens is 1. The average molecular weight is 436 g/mol. The molecule has 3 N–H and O–H groups in total. The van der Waals surface area contributed by atoms with Crippen molar-refractivity contribution in [1.29, 1.82) is 0 Å². The first-order valence-corrected chi connectivity index (χ1v) is 10.9. The Labute approximate surface area is 179 Å². The Morgan fingerprint density at radius 1 is 1.41 bits per heavy atom.